The number of rotatable bonds is 2. The molecule has 0 aliphatic carbocycles. The normalized spacial score (nSPS) is 16.6. The molecule has 0 bridgehead atoms. The smallest absolute Gasteiger partial charge is 0.265 e. The van der Waals surface area contributed by atoms with Crippen LogP contribution >= 0.6 is 0 Å². The summed E-state index contributed by atoms with van der Waals surface area (Å²) in [7, 11) is 0. The largest absolute Gasteiger partial charge is 0.292 e. The molecule has 98 valence electrons. The molecule has 2 N–H and O–H groups in total. The van der Waals surface area contributed by atoms with Gasteiger partial charge in [-0.25, -0.2) is 15.8 Å². The monoisotopic (exact) mass is 263 g/mol. The number of carbonyl (C=O) groups excluding carboxylic acids is 1. The Bertz CT molecular complexity index is 690. The van der Waals surface area contributed by atoms with Gasteiger partial charge in [-0.3, -0.25) is 4.79 Å². The lowest BCUT2D eigenvalue weighted by Gasteiger charge is -2.10. The maximum atomic E-state index is 12.1. The van der Waals surface area contributed by atoms with Crippen molar-refractivity contribution in [1.29, 1.82) is 0 Å². The molecule has 1 aliphatic rings. The third-order valence-corrected chi connectivity index (χ3v) is 3.03. The first-order chi connectivity index (χ1) is 9.75. The van der Waals surface area contributed by atoms with E-state index in [1.54, 1.807) is 6.08 Å². The van der Waals surface area contributed by atoms with E-state index in [4.69, 9.17) is 5.84 Å². The first kappa shape index (κ1) is 12.3. The van der Waals surface area contributed by atoms with Gasteiger partial charge in [-0.15, -0.1) is 0 Å². The van der Waals surface area contributed by atoms with E-state index in [0.29, 0.717) is 11.5 Å². The molecule has 1 heterocycles. The van der Waals surface area contributed by atoms with Gasteiger partial charge in [0.05, 0.1) is 0 Å². The molecule has 4 heteroatoms. The standard InChI is InChI=1S/C16H13N3O/c17-19-15(13-9-5-2-6-10-13)18-14(16(19)20)11-12-7-3-1-4-8-12/h1-11H,17H2. The molecule has 0 unspecified atom stereocenters. The minimum absolute atomic E-state index is 0.298. The lowest BCUT2D eigenvalue weighted by Crippen LogP contribution is -2.38. The van der Waals surface area contributed by atoms with E-state index in [2.05, 4.69) is 4.99 Å². The number of carbonyl (C=O) groups is 1. The lowest BCUT2D eigenvalue weighted by molar-refractivity contribution is -0.122. The molecule has 0 radical (unpaired) electrons. The van der Waals surface area contributed by atoms with Crippen LogP contribution in [0, 0.1) is 0 Å². The van der Waals surface area contributed by atoms with Gasteiger partial charge in [0.2, 0.25) is 0 Å². The number of hydrogen-bond donors (Lipinski definition) is 1. The first-order valence-corrected chi connectivity index (χ1v) is 6.26. The van der Waals surface area contributed by atoms with Crippen LogP contribution in [0.3, 0.4) is 0 Å². The zero-order chi connectivity index (χ0) is 13.9. The molecule has 0 fully saturated rings. The Labute approximate surface area is 116 Å². The molecule has 2 aromatic rings. The maximum Gasteiger partial charge on any atom is 0.292 e. The van der Waals surface area contributed by atoms with E-state index in [9.17, 15) is 4.79 Å². The van der Waals surface area contributed by atoms with Crippen molar-refractivity contribution >= 4 is 17.8 Å². The molecular formula is C16H13N3O. The van der Waals surface area contributed by atoms with Gasteiger partial charge < -0.3 is 0 Å². The second kappa shape index (κ2) is 5.11. The van der Waals surface area contributed by atoms with Crippen molar-refractivity contribution in [3.05, 3.63) is 77.5 Å². The van der Waals surface area contributed by atoms with Gasteiger partial charge in [-0.2, -0.15) is 0 Å². The van der Waals surface area contributed by atoms with Crippen LogP contribution in [0.25, 0.3) is 6.08 Å². The molecular weight excluding hydrogens is 250 g/mol. The summed E-state index contributed by atoms with van der Waals surface area (Å²) in [4.78, 5) is 16.5. The van der Waals surface area contributed by atoms with E-state index in [1.807, 2.05) is 60.7 Å². The van der Waals surface area contributed by atoms with Crippen LogP contribution in [0.1, 0.15) is 11.1 Å². The summed E-state index contributed by atoms with van der Waals surface area (Å²) in [5.41, 5.74) is 2.08. The zero-order valence-electron chi connectivity index (χ0n) is 10.7. The molecule has 0 spiro atoms. The molecule has 1 aliphatic heterocycles. The summed E-state index contributed by atoms with van der Waals surface area (Å²) in [5.74, 6) is 5.98. The van der Waals surface area contributed by atoms with Crippen molar-refractivity contribution in [3.8, 4) is 0 Å². The highest BCUT2D eigenvalue weighted by Gasteiger charge is 2.28. The SMILES string of the molecule is NN1C(=O)C(=Cc2ccccc2)N=C1c1ccccc1. The van der Waals surface area contributed by atoms with E-state index >= 15 is 0 Å². The lowest BCUT2D eigenvalue weighted by atomic mass is 10.2. The van der Waals surface area contributed by atoms with Gasteiger partial charge >= 0.3 is 0 Å². The third-order valence-electron chi connectivity index (χ3n) is 3.03. The van der Waals surface area contributed by atoms with Gasteiger partial charge in [0.15, 0.2) is 5.84 Å². The van der Waals surface area contributed by atoms with E-state index in [0.717, 1.165) is 16.1 Å². The minimum atomic E-state index is -0.298. The molecule has 20 heavy (non-hydrogen) atoms. The van der Waals surface area contributed by atoms with Gasteiger partial charge in [0, 0.05) is 5.56 Å². The fourth-order valence-corrected chi connectivity index (χ4v) is 2.03. The average molecular weight is 263 g/mol. The minimum Gasteiger partial charge on any atom is -0.265 e. The Kier molecular flexibility index (Phi) is 3.15. The van der Waals surface area contributed by atoms with Crippen LogP contribution < -0.4 is 5.84 Å². The number of hydrazine groups is 1. The highest BCUT2D eigenvalue weighted by Crippen LogP contribution is 2.19. The summed E-state index contributed by atoms with van der Waals surface area (Å²) in [6.45, 7) is 0. The van der Waals surface area contributed by atoms with Gasteiger partial charge in [0.1, 0.15) is 5.70 Å². The Balaban J connectivity index is 2.00. The average Bonchev–Trinajstić information content (AvgIpc) is 2.78. The molecule has 3 rings (SSSR count). The Morgan fingerprint density at radius 2 is 1.55 bits per heavy atom. The van der Waals surface area contributed by atoms with Crippen LogP contribution in [-0.4, -0.2) is 16.8 Å². The van der Waals surface area contributed by atoms with Crippen molar-refractivity contribution in [2.24, 2.45) is 10.8 Å². The third kappa shape index (κ3) is 2.24. The number of nitrogens with two attached hydrogens (primary N) is 1. The number of hydrogen-bond acceptors (Lipinski definition) is 3. The van der Waals surface area contributed by atoms with Crippen molar-refractivity contribution < 1.29 is 4.79 Å². The van der Waals surface area contributed by atoms with E-state index in [-0.39, 0.29) is 5.91 Å². The second-order valence-electron chi connectivity index (χ2n) is 4.42. The van der Waals surface area contributed by atoms with Crippen LogP contribution in [0.15, 0.2) is 71.4 Å². The van der Waals surface area contributed by atoms with Gasteiger partial charge in [-0.1, -0.05) is 60.7 Å². The number of amides is 1. The molecule has 4 nitrogen and oxygen atoms in total. The molecule has 2 aromatic carbocycles. The number of nitrogens with zero attached hydrogens (tertiary/aromatic N) is 2. The quantitative estimate of drug-likeness (QED) is 0.513. The summed E-state index contributed by atoms with van der Waals surface area (Å²) >= 11 is 0. The van der Waals surface area contributed by atoms with Crippen molar-refractivity contribution in [2.45, 2.75) is 0 Å². The van der Waals surface area contributed by atoms with Crippen LogP contribution in [0.2, 0.25) is 0 Å². The molecule has 1 amide bonds. The Morgan fingerprint density at radius 1 is 0.950 bits per heavy atom. The summed E-state index contributed by atoms with van der Waals surface area (Å²) < 4.78 is 0. The Hall–Kier alpha value is -2.72. The van der Waals surface area contributed by atoms with Crippen molar-refractivity contribution in [1.82, 2.24) is 5.01 Å². The number of benzene rings is 2. The van der Waals surface area contributed by atoms with Gasteiger partial charge in [-0.05, 0) is 11.6 Å². The summed E-state index contributed by atoms with van der Waals surface area (Å²) in [6.07, 6.45) is 1.73. The highest BCUT2D eigenvalue weighted by atomic mass is 16.2. The number of aliphatic imine (C=N–C) groups is 1. The number of amidine groups is 1. The van der Waals surface area contributed by atoms with Crippen molar-refractivity contribution in [3.63, 3.8) is 0 Å². The molecule has 0 saturated carbocycles. The van der Waals surface area contributed by atoms with Gasteiger partial charge in [0.25, 0.3) is 5.91 Å². The first-order valence-electron chi connectivity index (χ1n) is 6.26. The Morgan fingerprint density at radius 3 is 2.20 bits per heavy atom. The zero-order valence-corrected chi connectivity index (χ0v) is 10.7. The summed E-state index contributed by atoms with van der Waals surface area (Å²) in [5, 5.41) is 1.09. The maximum absolute atomic E-state index is 12.1. The molecule has 0 aromatic heterocycles. The topological polar surface area (TPSA) is 58.7 Å². The fourth-order valence-electron chi connectivity index (χ4n) is 2.03. The van der Waals surface area contributed by atoms with E-state index < -0.39 is 0 Å². The predicted octanol–water partition coefficient (Wildman–Crippen LogP) is 2.19. The van der Waals surface area contributed by atoms with Crippen LogP contribution in [-0.2, 0) is 4.79 Å². The van der Waals surface area contributed by atoms with Crippen LogP contribution in [0.5, 0.6) is 0 Å². The van der Waals surface area contributed by atoms with Crippen LogP contribution in [0.4, 0.5) is 0 Å². The molecule has 0 saturated heterocycles. The highest BCUT2D eigenvalue weighted by molar-refractivity contribution is 6.19. The summed E-state index contributed by atoms with van der Waals surface area (Å²) in [6, 6.07) is 19.0. The van der Waals surface area contributed by atoms with E-state index in [1.165, 1.54) is 0 Å². The predicted molar refractivity (Wildman–Crippen MR) is 78.4 cm³/mol. The molecule has 0 atom stereocenters. The van der Waals surface area contributed by atoms with Crippen molar-refractivity contribution in [2.75, 3.05) is 0 Å². The fraction of sp³-hybridized carbons (Fsp3) is 0. The second-order valence-corrected chi connectivity index (χ2v) is 4.42.